The van der Waals surface area contributed by atoms with Crippen molar-refractivity contribution in [1.82, 2.24) is 15.0 Å². The van der Waals surface area contributed by atoms with E-state index in [1.165, 1.54) is 0 Å². The quantitative estimate of drug-likeness (QED) is 0.718. The minimum Gasteiger partial charge on any atom is -0.397 e. The van der Waals surface area contributed by atoms with Crippen molar-refractivity contribution in [2.75, 3.05) is 11.5 Å². The monoisotopic (exact) mass is 201 g/mol. The van der Waals surface area contributed by atoms with Gasteiger partial charge in [-0.25, -0.2) is 9.97 Å². The van der Waals surface area contributed by atoms with Crippen LogP contribution in [0, 0.1) is 6.92 Å². The fraction of sp³-hybridized carbons (Fsp3) is 0.100. The third-order valence-electron chi connectivity index (χ3n) is 1.99. The van der Waals surface area contributed by atoms with Crippen molar-refractivity contribution in [3.8, 4) is 11.3 Å². The Balaban J connectivity index is 2.59. The van der Waals surface area contributed by atoms with Gasteiger partial charge in [0.15, 0.2) is 0 Å². The summed E-state index contributed by atoms with van der Waals surface area (Å²) in [5, 5.41) is 0. The fourth-order valence-corrected chi connectivity index (χ4v) is 1.37. The van der Waals surface area contributed by atoms with Gasteiger partial charge >= 0.3 is 0 Å². The predicted molar refractivity (Wildman–Crippen MR) is 58.8 cm³/mol. The van der Waals surface area contributed by atoms with Gasteiger partial charge in [0, 0.05) is 17.8 Å². The second-order valence-electron chi connectivity index (χ2n) is 3.19. The average Bonchev–Trinajstić information content (AvgIpc) is 2.16. The van der Waals surface area contributed by atoms with Crippen molar-refractivity contribution in [2.24, 2.45) is 0 Å². The van der Waals surface area contributed by atoms with Crippen LogP contribution in [0.15, 0.2) is 24.5 Å². The Morgan fingerprint density at radius 3 is 2.67 bits per heavy atom. The predicted octanol–water partition coefficient (Wildman–Crippen LogP) is 1.01. The molecule has 0 bridgehead atoms. The van der Waals surface area contributed by atoms with Crippen LogP contribution in [0.5, 0.6) is 0 Å². The standard InChI is InChI=1S/C10H11N5/c1-6-14-9(4-10(12)15-6)7-2-3-13-5-8(7)11/h2-5H,11H2,1H3,(H2,12,14,15). The van der Waals surface area contributed by atoms with Gasteiger partial charge in [-0.2, -0.15) is 0 Å². The molecule has 2 aromatic rings. The van der Waals surface area contributed by atoms with Gasteiger partial charge in [-0.15, -0.1) is 0 Å². The van der Waals surface area contributed by atoms with Crippen LogP contribution in [0.3, 0.4) is 0 Å². The van der Waals surface area contributed by atoms with E-state index in [4.69, 9.17) is 11.5 Å². The molecule has 2 aromatic heterocycles. The highest BCUT2D eigenvalue weighted by atomic mass is 14.9. The third-order valence-corrected chi connectivity index (χ3v) is 1.99. The Hall–Kier alpha value is -2.17. The molecule has 0 saturated carbocycles. The number of anilines is 2. The first-order valence-corrected chi connectivity index (χ1v) is 4.48. The summed E-state index contributed by atoms with van der Waals surface area (Å²) in [6.07, 6.45) is 3.25. The van der Waals surface area contributed by atoms with Gasteiger partial charge in [0.2, 0.25) is 0 Å². The molecule has 0 atom stereocenters. The van der Waals surface area contributed by atoms with Crippen LogP contribution in [0.1, 0.15) is 5.82 Å². The second-order valence-corrected chi connectivity index (χ2v) is 3.19. The normalized spacial score (nSPS) is 10.2. The fourth-order valence-electron chi connectivity index (χ4n) is 1.37. The van der Waals surface area contributed by atoms with Crippen molar-refractivity contribution >= 4 is 11.5 Å². The van der Waals surface area contributed by atoms with Crippen LogP contribution in [-0.2, 0) is 0 Å². The molecule has 2 heterocycles. The van der Waals surface area contributed by atoms with Crippen LogP contribution in [0.2, 0.25) is 0 Å². The highest BCUT2D eigenvalue weighted by molar-refractivity contribution is 5.73. The summed E-state index contributed by atoms with van der Waals surface area (Å²) in [4.78, 5) is 12.2. The first-order chi connectivity index (χ1) is 7.16. The minimum atomic E-state index is 0.439. The van der Waals surface area contributed by atoms with Gasteiger partial charge in [-0.3, -0.25) is 4.98 Å². The number of rotatable bonds is 1. The van der Waals surface area contributed by atoms with Crippen LogP contribution in [-0.4, -0.2) is 15.0 Å². The lowest BCUT2D eigenvalue weighted by molar-refractivity contribution is 1.07. The van der Waals surface area contributed by atoms with E-state index in [1.54, 1.807) is 31.5 Å². The molecule has 0 spiro atoms. The van der Waals surface area contributed by atoms with Gasteiger partial charge in [-0.05, 0) is 13.0 Å². The molecule has 15 heavy (non-hydrogen) atoms. The van der Waals surface area contributed by atoms with Gasteiger partial charge in [0.05, 0.1) is 17.6 Å². The summed E-state index contributed by atoms with van der Waals surface area (Å²) in [5.74, 6) is 1.06. The van der Waals surface area contributed by atoms with E-state index in [1.807, 2.05) is 0 Å². The van der Waals surface area contributed by atoms with E-state index in [-0.39, 0.29) is 0 Å². The Morgan fingerprint density at radius 1 is 1.20 bits per heavy atom. The SMILES string of the molecule is Cc1nc(N)cc(-c2ccncc2N)n1. The van der Waals surface area contributed by atoms with E-state index in [2.05, 4.69) is 15.0 Å². The maximum Gasteiger partial charge on any atom is 0.128 e. The summed E-state index contributed by atoms with van der Waals surface area (Å²) in [7, 11) is 0. The van der Waals surface area contributed by atoms with Gasteiger partial charge in [0.1, 0.15) is 11.6 Å². The number of hydrogen-bond donors (Lipinski definition) is 2. The summed E-state index contributed by atoms with van der Waals surface area (Å²) in [5.41, 5.74) is 13.6. The minimum absolute atomic E-state index is 0.439. The first kappa shape index (κ1) is 9.39. The van der Waals surface area contributed by atoms with Gasteiger partial charge in [-0.1, -0.05) is 0 Å². The molecule has 0 aromatic carbocycles. The van der Waals surface area contributed by atoms with Crippen molar-refractivity contribution < 1.29 is 0 Å². The van der Waals surface area contributed by atoms with E-state index >= 15 is 0 Å². The Labute approximate surface area is 87.2 Å². The molecule has 5 heteroatoms. The molecule has 0 aliphatic rings. The van der Waals surface area contributed by atoms with Crippen LogP contribution < -0.4 is 11.5 Å². The van der Waals surface area contributed by atoms with Crippen LogP contribution in [0.4, 0.5) is 11.5 Å². The molecule has 5 nitrogen and oxygen atoms in total. The maximum atomic E-state index is 5.79. The summed E-state index contributed by atoms with van der Waals surface area (Å²) >= 11 is 0. The smallest absolute Gasteiger partial charge is 0.128 e. The number of nitrogens with zero attached hydrogens (tertiary/aromatic N) is 3. The lowest BCUT2D eigenvalue weighted by Crippen LogP contribution is -1.99. The molecule has 0 aliphatic heterocycles. The molecular formula is C10H11N5. The molecular weight excluding hydrogens is 190 g/mol. The third kappa shape index (κ3) is 1.85. The van der Waals surface area contributed by atoms with Gasteiger partial charge < -0.3 is 11.5 Å². The van der Waals surface area contributed by atoms with Crippen molar-refractivity contribution in [2.45, 2.75) is 6.92 Å². The van der Waals surface area contributed by atoms with E-state index in [0.29, 0.717) is 17.3 Å². The molecule has 0 fully saturated rings. The van der Waals surface area contributed by atoms with Crippen molar-refractivity contribution in [3.05, 3.63) is 30.4 Å². The topological polar surface area (TPSA) is 90.7 Å². The highest BCUT2D eigenvalue weighted by Gasteiger charge is 2.05. The summed E-state index contributed by atoms with van der Waals surface area (Å²) in [6.45, 7) is 1.79. The zero-order valence-electron chi connectivity index (χ0n) is 8.31. The molecule has 2 rings (SSSR count). The lowest BCUT2D eigenvalue weighted by atomic mass is 10.1. The van der Waals surface area contributed by atoms with E-state index in [0.717, 1.165) is 11.3 Å². The van der Waals surface area contributed by atoms with Crippen LogP contribution in [0.25, 0.3) is 11.3 Å². The summed E-state index contributed by atoms with van der Waals surface area (Å²) in [6, 6.07) is 3.50. The van der Waals surface area contributed by atoms with E-state index < -0.39 is 0 Å². The Morgan fingerprint density at radius 2 is 2.00 bits per heavy atom. The highest BCUT2D eigenvalue weighted by Crippen LogP contribution is 2.23. The maximum absolute atomic E-state index is 5.79. The number of nitrogen functional groups attached to an aromatic ring is 2. The van der Waals surface area contributed by atoms with E-state index in [9.17, 15) is 0 Å². The van der Waals surface area contributed by atoms with Crippen molar-refractivity contribution in [1.29, 1.82) is 0 Å². The van der Waals surface area contributed by atoms with Crippen molar-refractivity contribution in [3.63, 3.8) is 0 Å². The second kappa shape index (κ2) is 3.53. The zero-order chi connectivity index (χ0) is 10.8. The number of pyridine rings is 1. The number of aryl methyl sites for hydroxylation is 1. The number of nitrogens with two attached hydrogens (primary N) is 2. The largest absolute Gasteiger partial charge is 0.397 e. The van der Waals surface area contributed by atoms with Crippen LogP contribution >= 0.6 is 0 Å². The molecule has 0 amide bonds. The number of aromatic nitrogens is 3. The lowest BCUT2D eigenvalue weighted by Gasteiger charge is -2.05. The Bertz CT molecular complexity index is 475. The Kier molecular flexibility index (Phi) is 2.21. The molecule has 0 radical (unpaired) electrons. The molecule has 0 unspecified atom stereocenters. The zero-order valence-corrected chi connectivity index (χ0v) is 8.31. The van der Waals surface area contributed by atoms with Gasteiger partial charge in [0.25, 0.3) is 0 Å². The first-order valence-electron chi connectivity index (χ1n) is 4.48. The summed E-state index contributed by atoms with van der Waals surface area (Å²) < 4.78 is 0. The molecule has 0 aliphatic carbocycles. The number of hydrogen-bond acceptors (Lipinski definition) is 5. The molecule has 76 valence electrons. The molecule has 4 N–H and O–H groups in total. The molecule has 0 saturated heterocycles. The average molecular weight is 201 g/mol.